The molecular formula is C27H31NO4. The van der Waals surface area contributed by atoms with Gasteiger partial charge in [-0.2, -0.15) is 0 Å². The normalized spacial score (nSPS) is 19.0. The second-order valence-electron chi connectivity index (χ2n) is 9.29. The highest BCUT2D eigenvalue weighted by Gasteiger charge is 2.35. The van der Waals surface area contributed by atoms with Gasteiger partial charge in [0.15, 0.2) is 0 Å². The molecule has 1 aromatic heterocycles. The number of carbonyl (C=O) groups is 1. The van der Waals surface area contributed by atoms with Crippen LogP contribution in [0.3, 0.4) is 0 Å². The average Bonchev–Trinajstić information content (AvgIpc) is 3.32. The molecular weight excluding hydrogens is 402 g/mol. The molecule has 2 unspecified atom stereocenters. The molecule has 0 aliphatic carbocycles. The largest absolute Gasteiger partial charge is 0.472 e. The van der Waals surface area contributed by atoms with E-state index in [0.29, 0.717) is 19.7 Å². The lowest BCUT2D eigenvalue weighted by atomic mass is 9.88. The molecule has 1 saturated heterocycles. The van der Waals surface area contributed by atoms with Gasteiger partial charge in [0.1, 0.15) is 5.60 Å². The maximum absolute atomic E-state index is 12.6. The van der Waals surface area contributed by atoms with E-state index in [-0.39, 0.29) is 18.1 Å². The fourth-order valence-corrected chi connectivity index (χ4v) is 4.07. The van der Waals surface area contributed by atoms with Crippen LogP contribution in [-0.2, 0) is 16.1 Å². The molecule has 5 nitrogen and oxygen atoms in total. The Morgan fingerprint density at radius 2 is 1.75 bits per heavy atom. The molecule has 4 rings (SSSR count). The number of hydrogen-bond donors (Lipinski definition) is 0. The van der Waals surface area contributed by atoms with Crippen molar-refractivity contribution >= 4 is 6.09 Å². The smallest absolute Gasteiger partial charge is 0.410 e. The quantitative estimate of drug-likeness (QED) is 0.477. The first-order chi connectivity index (χ1) is 15.4. The summed E-state index contributed by atoms with van der Waals surface area (Å²) in [6, 6.07) is 20.7. The van der Waals surface area contributed by atoms with Gasteiger partial charge in [0.2, 0.25) is 0 Å². The minimum Gasteiger partial charge on any atom is -0.472 e. The van der Waals surface area contributed by atoms with E-state index in [1.807, 2.05) is 45.0 Å². The van der Waals surface area contributed by atoms with E-state index in [2.05, 4.69) is 36.4 Å². The lowest BCUT2D eigenvalue weighted by Crippen LogP contribution is -2.48. The van der Waals surface area contributed by atoms with Crippen LogP contribution < -0.4 is 0 Å². The molecule has 0 saturated carbocycles. The number of hydrogen-bond acceptors (Lipinski definition) is 4. The summed E-state index contributed by atoms with van der Waals surface area (Å²) in [5.74, 6) is 0.177. The molecule has 168 valence electrons. The Bertz CT molecular complexity index is 990. The number of nitrogens with zero attached hydrogens (tertiary/aromatic N) is 1. The van der Waals surface area contributed by atoms with E-state index < -0.39 is 5.60 Å². The van der Waals surface area contributed by atoms with Crippen LogP contribution in [0.5, 0.6) is 0 Å². The number of piperidine rings is 1. The van der Waals surface area contributed by atoms with Crippen LogP contribution in [0.15, 0.2) is 77.6 Å². The molecule has 5 heteroatoms. The molecule has 1 aliphatic heterocycles. The van der Waals surface area contributed by atoms with Crippen molar-refractivity contribution in [2.24, 2.45) is 0 Å². The van der Waals surface area contributed by atoms with E-state index in [9.17, 15) is 4.79 Å². The van der Waals surface area contributed by atoms with Gasteiger partial charge in [-0.25, -0.2) is 4.79 Å². The third kappa shape index (κ3) is 5.60. The zero-order valence-corrected chi connectivity index (χ0v) is 19.0. The van der Waals surface area contributed by atoms with Crippen LogP contribution in [0.2, 0.25) is 0 Å². The Morgan fingerprint density at radius 3 is 2.41 bits per heavy atom. The molecule has 0 bridgehead atoms. The monoisotopic (exact) mass is 433 g/mol. The lowest BCUT2D eigenvalue weighted by Gasteiger charge is -2.38. The van der Waals surface area contributed by atoms with Crippen molar-refractivity contribution in [1.29, 1.82) is 0 Å². The van der Waals surface area contributed by atoms with Gasteiger partial charge in [0, 0.05) is 12.5 Å². The van der Waals surface area contributed by atoms with E-state index >= 15 is 0 Å². The number of benzene rings is 2. The van der Waals surface area contributed by atoms with Crippen LogP contribution >= 0.6 is 0 Å². The number of amides is 1. The average molecular weight is 434 g/mol. The fraction of sp³-hybridized carbons (Fsp3) is 0.370. The first-order valence-corrected chi connectivity index (χ1v) is 11.1. The number of carbonyl (C=O) groups excluding carboxylic acids is 1. The highest BCUT2D eigenvalue weighted by atomic mass is 16.6. The zero-order chi connectivity index (χ0) is 22.6. The van der Waals surface area contributed by atoms with Crippen molar-refractivity contribution in [3.63, 3.8) is 0 Å². The maximum atomic E-state index is 12.6. The van der Waals surface area contributed by atoms with Gasteiger partial charge in [-0.05, 0) is 55.5 Å². The van der Waals surface area contributed by atoms with Crippen LogP contribution in [0.25, 0.3) is 11.1 Å². The second-order valence-corrected chi connectivity index (χ2v) is 9.29. The molecule has 2 heterocycles. The molecule has 2 aromatic carbocycles. The number of likely N-dealkylation sites (tertiary alicyclic amines) is 1. The lowest BCUT2D eigenvalue weighted by molar-refractivity contribution is -0.0360. The molecule has 2 atom stereocenters. The first kappa shape index (κ1) is 22.2. The summed E-state index contributed by atoms with van der Waals surface area (Å²) in [7, 11) is 0. The molecule has 0 spiro atoms. The Hall–Kier alpha value is -3.05. The summed E-state index contributed by atoms with van der Waals surface area (Å²) in [5, 5.41) is 0. The maximum Gasteiger partial charge on any atom is 0.410 e. The van der Waals surface area contributed by atoms with Crippen LogP contribution in [0.4, 0.5) is 4.79 Å². The van der Waals surface area contributed by atoms with E-state index in [1.54, 1.807) is 17.4 Å². The van der Waals surface area contributed by atoms with Crippen LogP contribution in [-0.4, -0.2) is 35.8 Å². The summed E-state index contributed by atoms with van der Waals surface area (Å²) < 4.78 is 17.3. The summed E-state index contributed by atoms with van der Waals surface area (Å²) in [5.41, 5.74) is 4.07. The molecule has 0 radical (unpaired) electrons. The molecule has 1 amide bonds. The molecule has 3 aromatic rings. The van der Waals surface area contributed by atoms with E-state index in [0.717, 1.165) is 17.5 Å². The predicted octanol–water partition coefficient (Wildman–Crippen LogP) is 6.26. The van der Waals surface area contributed by atoms with Crippen molar-refractivity contribution < 1.29 is 18.7 Å². The van der Waals surface area contributed by atoms with Crippen molar-refractivity contribution in [3.05, 3.63) is 84.3 Å². The Kier molecular flexibility index (Phi) is 6.66. The standard InChI is InChI=1S/C27H31NO4/c1-27(2,3)32-26(29)28-15-13-24(23-14-16-30-19-23)25(17-28)31-18-20-9-11-22(12-10-20)21-7-5-4-6-8-21/h4-12,14,16,19,24-25H,13,15,17-18H2,1-3H3. The number of ether oxygens (including phenoxy) is 2. The molecule has 1 fully saturated rings. The van der Waals surface area contributed by atoms with E-state index in [1.165, 1.54) is 11.1 Å². The van der Waals surface area contributed by atoms with Crippen LogP contribution in [0, 0.1) is 0 Å². The van der Waals surface area contributed by atoms with Crippen molar-refractivity contribution in [1.82, 2.24) is 4.90 Å². The van der Waals surface area contributed by atoms with Crippen LogP contribution in [0.1, 0.15) is 44.2 Å². The SMILES string of the molecule is CC(C)(C)OC(=O)N1CCC(c2ccoc2)C(OCc2ccc(-c3ccccc3)cc2)C1. The van der Waals surface area contributed by atoms with Gasteiger partial charge in [-0.1, -0.05) is 54.6 Å². The minimum absolute atomic E-state index is 0.136. The second kappa shape index (κ2) is 9.61. The third-order valence-electron chi connectivity index (χ3n) is 5.71. The van der Waals surface area contributed by atoms with Gasteiger partial charge in [0.05, 0.1) is 31.8 Å². The highest BCUT2D eigenvalue weighted by Crippen LogP contribution is 2.32. The molecule has 0 N–H and O–H groups in total. The van der Waals surface area contributed by atoms with Gasteiger partial charge in [-0.3, -0.25) is 0 Å². The van der Waals surface area contributed by atoms with Crippen molar-refractivity contribution in [2.75, 3.05) is 13.1 Å². The highest BCUT2D eigenvalue weighted by molar-refractivity contribution is 5.68. The zero-order valence-electron chi connectivity index (χ0n) is 19.0. The van der Waals surface area contributed by atoms with Gasteiger partial charge < -0.3 is 18.8 Å². The van der Waals surface area contributed by atoms with Gasteiger partial charge in [0.25, 0.3) is 0 Å². The Morgan fingerprint density at radius 1 is 1.03 bits per heavy atom. The Labute approximate surface area is 189 Å². The third-order valence-corrected chi connectivity index (χ3v) is 5.71. The Balaban J connectivity index is 1.44. The minimum atomic E-state index is -0.519. The fourth-order valence-electron chi connectivity index (χ4n) is 4.07. The van der Waals surface area contributed by atoms with Gasteiger partial charge >= 0.3 is 6.09 Å². The van der Waals surface area contributed by atoms with E-state index in [4.69, 9.17) is 13.9 Å². The van der Waals surface area contributed by atoms with Crippen molar-refractivity contribution in [3.8, 4) is 11.1 Å². The predicted molar refractivity (Wildman–Crippen MR) is 124 cm³/mol. The topological polar surface area (TPSA) is 51.9 Å². The summed E-state index contributed by atoms with van der Waals surface area (Å²) in [6.45, 7) is 7.27. The summed E-state index contributed by atoms with van der Waals surface area (Å²) in [4.78, 5) is 14.4. The summed E-state index contributed by atoms with van der Waals surface area (Å²) in [6.07, 6.45) is 3.84. The molecule has 32 heavy (non-hydrogen) atoms. The molecule has 1 aliphatic rings. The van der Waals surface area contributed by atoms with Gasteiger partial charge in [-0.15, -0.1) is 0 Å². The number of rotatable bonds is 5. The first-order valence-electron chi connectivity index (χ1n) is 11.1. The van der Waals surface area contributed by atoms with Crippen molar-refractivity contribution in [2.45, 2.75) is 51.4 Å². The summed E-state index contributed by atoms with van der Waals surface area (Å²) >= 11 is 0. The number of furan rings is 1.